The topological polar surface area (TPSA) is 56.7 Å². The van der Waals surface area contributed by atoms with Crippen LogP contribution in [-0.4, -0.2) is 19.5 Å². The third-order valence-electron chi connectivity index (χ3n) is 10.8. The highest BCUT2D eigenvalue weighted by molar-refractivity contribution is 7.26. The maximum Gasteiger partial charge on any atom is 0.167 e. The molecule has 0 aliphatic rings. The largest absolute Gasteiger partial charge is 0.455 e. The lowest BCUT2D eigenvalue weighted by molar-refractivity contribution is 0.669. The molecular weight excluding hydrogens is 693 g/mol. The summed E-state index contributed by atoms with van der Waals surface area (Å²) >= 11 is 1.86. The van der Waals surface area contributed by atoms with Crippen LogP contribution in [0.1, 0.15) is 0 Å². The zero-order valence-electron chi connectivity index (χ0n) is 29.3. The first-order valence-corrected chi connectivity index (χ1v) is 19.2. The Hall–Kier alpha value is -7.15. The van der Waals surface area contributed by atoms with Gasteiger partial charge < -0.3 is 8.98 Å². The van der Waals surface area contributed by atoms with Crippen LogP contribution in [-0.2, 0) is 0 Å². The molecule has 0 radical (unpaired) electrons. The van der Waals surface area contributed by atoms with E-state index in [2.05, 4.69) is 114 Å². The molecule has 0 fully saturated rings. The standard InChI is InChI=1S/C49H28N4OS/c1-3-13-29(14-4-1)47-50-48(30-15-5-2-6-16-30)52-49(51-47)37-27-31-17-7-8-18-33(31)43-35-24-23-32(28-40(35)54-46(37)43)53-38-21-11-9-19-34(38)44-39(53)25-26-42-45(44)36-20-10-12-22-41(36)55-42/h1-28H. The minimum Gasteiger partial charge on any atom is -0.455 e. The molecule has 0 saturated heterocycles. The van der Waals surface area contributed by atoms with Crippen molar-refractivity contribution in [3.63, 3.8) is 0 Å². The van der Waals surface area contributed by atoms with E-state index in [-0.39, 0.29) is 0 Å². The fourth-order valence-electron chi connectivity index (χ4n) is 8.40. The number of hydrogen-bond donors (Lipinski definition) is 0. The Kier molecular flexibility index (Phi) is 6.44. The second kappa shape index (κ2) is 11.7. The molecule has 0 N–H and O–H groups in total. The van der Waals surface area contributed by atoms with E-state index in [9.17, 15) is 0 Å². The van der Waals surface area contributed by atoms with Crippen molar-refractivity contribution in [3.8, 4) is 39.9 Å². The van der Waals surface area contributed by atoms with Gasteiger partial charge in [-0.15, -0.1) is 11.3 Å². The second-order valence-electron chi connectivity index (χ2n) is 14.0. The number of rotatable bonds is 4. The van der Waals surface area contributed by atoms with E-state index in [0.717, 1.165) is 60.6 Å². The van der Waals surface area contributed by atoms with Gasteiger partial charge in [0.05, 0.1) is 16.6 Å². The Morgan fingerprint density at radius 1 is 0.436 bits per heavy atom. The molecule has 8 aromatic carbocycles. The lowest BCUT2D eigenvalue weighted by atomic mass is 9.99. The summed E-state index contributed by atoms with van der Waals surface area (Å²) in [6, 6.07) is 59.5. The third kappa shape index (κ3) is 4.55. The van der Waals surface area contributed by atoms with Crippen molar-refractivity contribution in [2.45, 2.75) is 0 Å². The summed E-state index contributed by atoms with van der Waals surface area (Å²) in [6.07, 6.45) is 0. The van der Waals surface area contributed by atoms with E-state index in [1.807, 2.05) is 72.0 Å². The monoisotopic (exact) mass is 720 g/mol. The van der Waals surface area contributed by atoms with Crippen LogP contribution in [0.3, 0.4) is 0 Å². The van der Waals surface area contributed by atoms with Crippen LogP contribution in [0.5, 0.6) is 0 Å². The van der Waals surface area contributed by atoms with Crippen molar-refractivity contribution in [3.05, 3.63) is 170 Å². The summed E-state index contributed by atoms with van der Waals surface area (Å²) in [5.41, 5.74) is 7.61. The van der Waals surface area contributed by atoms with Crippen LogP contribution in [0.2, 0.25) is 0 Å². The Labute approximate surface area is 318 Å². The van der Waals surface area contributed by atoms with Crippen molar-refractivity contribution in [2.24, 2.45) is 0 Å². The molecule has 0 amide bonds. The maximum absolute atomic E-state index is 7.00. The molecule has 55 heavy (non-hydrogen) atoms. The Bertz CT molecular complexity index is 3430. The molecule has 12 rings (SSSR count). The fraction of sp³-hybridized carbons (Fsp3) is 0. The van der Waals surface area contributed by atoms with Crippen LogP contribution in [0, 0.1) is 0 Å². The first-order chi connectivity index (χ1) is 27.3. The number of benzene rings is 8. The van der Waals surface area contributed by atoms with Gasteiger partial charge in [0.2, 0.25) is 0 Å². The number of furan rings is 1. The van der Waals surface area contributed by atoms with Gasteiger partial charge in [0, 0.05) is 64.6 Å². The minimum atomic E-state index is 0.567. The Morgan fingerprint density at radius 2 is 1.09 bits per heavy atom. The highest BCUT2D eigenvalue weighted by atomic mass is 32.1. The van der Waals surface area contributed by atoms with Gasteiger partial charge in [-0.2, -0.15) is 0 Å². The lowest BCUT2D eigenvalue weighted by Crippen LogP contribution is -2.00. The maximum atomic E-state index is 7.00. The van der Waals surface area contributed by atoms with Gasteiger partial charge in [0.25, 0.3) is 0 Å². The van der Waals surface area contributed by atoms with Gasteiger partial charge in [-0.05, 0) is 53.2 Å². The summed E-state index contributed by atoms with van der Waals surface area (Å²) in [6.45, 7) is 0. The average molecular weight is 721 g/mol. The van der Waals surface area contributed by atoms with Gasteiger partial charge in [-0.25, -0.2) is 15.0 Å². The van der Waals surface area contributed by atoms with Crippen molar-refractivity contribution < 1.29 is 4.42 Å². The van der Waals surface area contributed by atoms with E-state index >= 15 is 0 Å². The molecule has 0 saturated carbocycles. The van der Waals surface area contributed by atoms with Crippen molar-refractivity contribution in [2.75, 3.05) is 0 Å². The lowest BCUT2D eigenvalue weighted by Gasteiger charge is -2.10. The molecule has 0 spiro atoms. The number of nitrogens with zero attached hydrogens (tertiary/aromatic N) is 4. The zero-order chi connectivity index (χ0) is 36.0. The summed E-state index contributed by atoms with van der Waals surface area (Å²) in [7, 11) is 0. The highest BCUT2D eigenvalue weighted by Gasteiger charge is 2.22. The van der Waals surface area contributed by atoms with Gasteiger partial charge in [-0.1, -0.05) is 121 Å². The normalized spacial score (nSPS) is 12.0. The predicted octanol–water partition coefficient (Wildman–Crippen LogP) is 13.4. The molecule has 12 aromatic rings. The first-order valence-electron chi connectivity index (χ1n) is 18.4. The summed E-state index contributed by atoms with van der Waals surface area (Å²) < 4.78 is 12.0. The smallest absolute Gasteiger partial charge is 0.167 e. The van der Waals surface area contributed by atoms with E-state index in [1.165, 1.54) is 36.5 Å². The number of thiophene rings is 1. The molecule has 6 heteroatoms. The average Bonchev–Trinajstić information content (AvgIpc) is 3.93. The molecule has 0 atom stereocenters. The van der Waals surface area contributed by atoms with Gasteiger partial charge in [0.15, 0.2) is 17.5 Å². The van der Waals surface area contributed by atoms with Crippen molar-refractivity contribution >= 4 is 86.0 Å². The highest BCUT2D eigenvalue weighted by Crippen LogP contribution is 2.45. The SMILES string of the molecule is c1ccc(-c2nc(-c3ccccc3)nc(-c3cc4ccccc4c4c3oc3cc(-n5c6ccccc6c6c7c(ccc65)sc5ccccc57)ccc34)n2)cc1. The first kappa shape index (κ1) is 30.3. The molecule has 4 aromatic heterocycles. The summed E-state index contributed by atoms with van der Waals surface area (Å²) in [4.78, 5) is 15.2. The zero-order valence-corrected chi connectivity index (χ0v) is 30.1. The Morgan fingerprint density at radius 3 is 1.87 bits per heavy atom. The quantitative estimate of drug-likeness (QED) is 0.182. The van der Waals surface area contributed by atoms with E-state index in [1.54, 1.807) is 0 Å². The third-order valence-corrected chi connectivity index (χ3v) is 12.0. The molecule has 5 nitrogen and oxygen atoms in total. The molecule has 0 aliphatic carbocycles. The molecule has 256 valence electrons. The second-order valence-corrected chi connectivity index (χ2v) is 15.0. The number of fused-ring (bicyclic) bond motifs is 12. The number of hydrogen-bond acceptors (Lipinski definition) is 5. The van der Waals surface area contributed by atoms with Gasteiger partial charge in [0.1, 0.15) is 11.2 Å². The van der Waals surface area contributed by atoms with Gasteiger partial charge in [-0.3, -0.25) is 0 Å². The molecule has 4 heterocycles. The van der Waals surface area contributed by atoms with E-state index in [4.69, 9.17) is 19.4 Å². The molecule has 0 unspecified atom stereocenters. The van der Waals surface area contributed by atoms with E-state index in [0.29, 0.717) is 17.5 Å². The molecular formula is C49H28N4OS. The van der Waals surface area contributed by atoms with Gasteiger partial charge >= 0.3 is 0 Å². The van der Waals surface area contributed by atoms with Crippen molar-refractivity contribution in [1.82, 2.24) is 19.5 Å². The van der Waals surface area contributed by atoms with Crippen LogP contribution in [0.15, 0.2) is 174 Å². The summed E-state index contributed by atoms with van der Waals surface area (Å²) in [5, 5.41) is 9.44. The Balaban J connectivity index is 1.13. The summed E-state index contributed by atoms with van der Waals surface area (Å²) in [5.74, 6) is 1.79. The van der Waals surface area contributed by atoms with Crippen LogP contribution < -0.4 is 0 Å². The van der Waals surface area contributed by atoms with Crippen molar-refractivity contribution in [1.29, 1.82) is 0 Å². The minimum absolute atomic E-state index is 0.567. The predicted molar refractivity (Wildman–Crippen MR) is 228 cm³/mol. The number of para-hydroxylation sites is 1. The number of aromatic nitrogens is 4. The molecule has 0 aliphatic heterocycles. The van der Waals surface area contributed by atoms with Crippen LogP contribution in [0.25, 0.3) is 115 Å². The van der Waals surface area contributed by atoms with Crippen LogP contribution in [0.4, 0.5) is 0 Å². The fourth-order valence-corrected chi connectivity index (χ4v) is 9.51. The molecule has 0 bridgehead atoms. The van der Waals surface area contributed by atoms with E-state index < -0.39 is 0 Å². The van der Waals surface area contributed by atoms with Crippen LogP contribution >= 0.6 is 11.3 Å².